The summed E-state index contributed by atoms with van der Waals surface area (Å²) in [6, 6.07) is -0.225. The van der Waals surface area contributed by atoms with Crippen LogP contribution in [-0.2, 0) is 4.79 Å². The lowest BCUT2D eigenvalue weighted by Crippen LogP contribution is -2.18. The van der Waals surface area contributed by atoms with Crippen molar-refractivity contribution in [2.24, 2.45) is 5.73 Å². The second-order valence-corrected chi connectivity index (χ2v) is 1.58. The summed E-state index contributed by atoms with van der Waals surface area (Å²) >= 11 is 0. The fraction of sp³-hybridized carbons (Fsp3) is 0.750. The number of nitrogens with two attached hydrogens (primary N) is 1. The minimum absolute atomic E-state index is 0. The van der Waals surface area contributed by atoms with Crippen LogP contribution in [0.25, 0.3) is 0 Å². The highest BCUT2D eigenvalue weighted by Crippen LogP contribution is 1.82. The molecular weight excluding hydrogens is 110 g/mol. The molecule has 0 aromatic carbocycles. The van der Waals surface area contributed by atoms with Crippen molar-refractivity contribution in [3.8, 4) is 0 Å². The van der Waals surface area contributed by atoms with Crippen molar-refractivity contribution in [3.05, 3.63) is 0 Å². The molecule has 50 valence electrons. The Kier molecular flexibility index (Phi) is 5.90. The van der Waals surface area contributed by atoms with Crippen LogP contribution in [0.15, 0.2) is 0 Å². The van der Waals surface area contributed by atoms with E-state index in [0.717, 1.165) is 0 Å². The maximum Gasteiger partial charge on any atom is 0.304 e. The average molecular weight is 121 g/mol. The summed E-state index contributed by atoms with van der Waals surface area (Å²) in [5, 5.41) is 8.00. The number of hydrogen-bond donors (Lipinski definition) is 2. The zero-order valence-corrected chi connectivity index (χ0v) is 4.72. The largest absolute Gasteiger partial charge is 0.481 e. The Morgan fingerprint density at radius 3 is 2.25 bits per heavy atom. The van der Waals surface area contributed by atoms with Gasteiger partial charge in [-0.3, -0.25) is 4.79 Å². The van der Waals surface area contributed by atoms with Crippen LogP contribution in [0.1, 0.15) is 13.3 Å². The fourth-order valence-electron chi connectivity index (χ4n) is 0.275. The lowest BCUT2D eigenvalue weighted by atomic mass is 10.3. The summed E-state index contributed by atoms with van der Waals surface area (Å²) in [5.41, 5.74) is 5.11. The third kappa shape index (κ3) is 9.04. The van der Waals surface area contributed by atoms with Gasteiger partial charge in [-0.25, -0.2) is 0 Å². The van der Waals surface area contributed by atoms with Crippen molar-refractivity contribution >= 4 is 5.97 Å². The molecule has 0 saturated heterocycles. The molecule has 0 radical (unpaired) electrons. The molecule has 4 heteroatoms. The van der Waals surface area contributed by atoms with Crippen LogP contribution >= 0.6 is 0 Å². The number of rotatable bonds is 2. The maximum atomic E-state index is 9.73. The molecule has 5 N–H and O–H groups in total. The molecule has 0 aromatic heterocycles. The van der Waals surface area contributed by atoms with Gasteiger partial charge in [0.05, 0.1) is 6.42 Å². The quantitative estimate of drug-likeness (QED) is 0.489. The van der Waals surface area contributed by atoms with Crippen LogP contribution in [0.3, 0.4) is 0 Å². The molecule has 0 bridgehead atoms. The lowest BCUT2D eigenvalue weighted by Gasteiger charge is -1.95. The van der Waals surface area contributed by atoms with Gasteiger partial charge in [0, 0.05) is 6.04 Å². The molecule has 8 heavy (non-hydrogen) atoms. The highest BCUT2D eigenvalue weighted by molar-refractivity contribution is 5.67. The molecule has 0 aliphatic rings. The first-order valence-electron chi connectivity index (χ1n) is 2.10. The predicted molar refractivity (Wildman–Crippen MR) is 29.5 cm³/mol. The zero-order valence-electron chi connectivity index (χ0n) is 4.72. The number of carbonyl (C=O) groups is 1. The second kappa shape index (κ2) is 4.55. The Labute approximate surface area is 47.6 Å². The number of carboxylic acids is 1. The number of hydrogen-bond acceptors (Lipinski definition) is 2. The van der Waals surface area contributed by atoms with E-state index in [0.29, 0.717) is 0 Å². The van der Waals surface area contributed by atoms with E-state index in [1.165, 1.54) is 0 Å². The fourth-order valence-corrected chi connectivity index (χ4v) is 0.275. The van der Waals surface area contributed by atoms with Gasteiger partial charge in [-0.2, -0.15) is 0 Å². The van der Waals surface area contributed by atoms with Crippen LogP contribution in [-0.4, -0.2) is 22.6 Å². The van der Waals surface area contributed by atoms with Crippen molar-refractivity contribution in [2.75, 3.05) is 0 Å². The van der Waals surface area contributed by atoms with Gasteiger partial charge in [0.1, 0.15) is 0 Å². The first-order chi connectivity index (χ1) is 3.13. The van der Waals surface area contributed by atoms with E-state index in [4.69, 9.17) is 10.8 Å². The van der Waals surface area contributed by atoms with Gasteiger partial charge in [0.25, 0.3) is 0 Å². The summed E-state index contributed by atoms with van der Waals surface area (Å²) in [5.74, 6) is -0.838. The Hall–Kier alpha value is -0.610. The molecule has 0 aliphatic heterocycles. The summed E-state index contributed by atoms with van der Waals surface area (Å²) in [6.45, 7) is 1.66. The van der Waals surface area contributed by atoms with Crippen LogP contribution in [0.4, 0.5) is 0 Å². The Balaban J connectivity index is 0. The van der Waals surface area contributed by atoms with Crippen LogP contribution in [0.2, 0.25) is 0 Å². The Morgan fingerprint density at radius 1 is 1.88 bits per heavy atom. The first-order valence-corrected chi connectivity index (χ1v) is 2.10. The zero-order chi connectivity index (χ0) is 5.86. The summed E-state index contributed by atoms with van der Waals surface area (Å²) < 4.78 is 0. The van der Waals surface area contributed by atoms with Gasteiger partial charge in [-0.15, -0.1) is 0 Å². The van der Waals surface area contributed by atoms with Crippen molar-refractivity contribution in [1.29, 1.82) is 0 Å². The van der Waals surface area contributed by atoms with Gasteiger partial charge in [-0.05, 0) is 6.92 Å². The van der Waals surface area contributed by atoms with Gasteiger partial charge >= 0.3 is 5.97 Å². The van der Waals surface area contributed by atoms with E-state index in [-0.39, 0.29) is 17.9 Å². The van der Waals surface area contributed by atoms with Crippen LogP contribution < -0.4 is 5.73 Å². The normalized spacial score (nSPS) is 11.8. The monoisotopic (exact) mass is 121 g/mol. The molecule has 0 heterocycles. The van der Waals surface area contributed by atoms with Crippen LogP contribution in [0.5, 0.6) is 0 Å². The highest BCUT2D eigenvalue weighted by atomic mass is 16.4. The van der Waals surface area contributed by atoms with Gasteiger partial charge in [0.15, 0.2) is 0 Å². The van der Waals surface area contributed by atoms with Crippen LogP contribution in [0, 0.1) is 0 Å². The minimum atomic E-state index is -0.838. The SMILES string of the molecule is CC(N)CC(=O)O.O. The number of aliphatic carboxylic acids is 1. The average Bonchev–Trinajstić information content (AvgIpc) is 1.27. The van der Waals surface area contributed by atoms with Gasteiger partial charge < -0.3 is 16.3 Å². The van der Waals surface area contributed by atoms with E-state index in [9.17, 15) is 4.79 Å². The maximum absolute atomic E-state index is 9.73. The highest BCUT2D eigenvalue weighted by Gasteiger charge is 1.98. The van der Waals surface area contributed by atoms with E-state index in [2.05, 4.69) is 0 Å². The third-order valence-electron chi connectivity index (χ3n) is 0.497. The smallest absolute Gasteiger partial charge is 0.304 e. The van der Waals surface area contributed by atoms with E-state index in [1.54, 1.807) is 6.92 Å². The first kappa shape index (κ1) is 10.4. The Morgan fingerprint density at radius 2 is 2.25 bits per heavy atom. The minimum Gasteiger partial charge on any atom is -0.481 e. The van der Waals surface area contributed by atoms with E-state index in [1.807, 2.05) is 0 Å². The molecule has 0 rings (SSSR count). The molecule has 0 fully saturated rings. The molecule has 0 aromatic rings. The molecule has 1 atom stereocenters. The molecule has 0 spiro atoms. The van der Waals surface area contributed by atoms with Crippen molar-refractivity contribution in [2.45, 2.75) is 19.4 Å². The second-order valence-electron chi connectivity index (χ2n) is 1.58. The molecular formula is C4H11NO3. The predicted octanol–water partition coefficient (Wildman–Crippen LogP) is -1.02. The molecule has 1 unspecified atom stereocenters. The Bertz CT molecular complexity index is 71.7. The topological polar surface area (TPSA) is 94.8 Å². The summed E-state index contributed by atoms with van der Waals surface area (Å²) in [4.78, 5) is 9.73. The summed E-state index contributed by atoms with van der Waals surface area (Å²) in [6.07, 6.45) is 0.0556. The molecule has 4 nitrogen and oxygen atoms in total. The molecule has 0 aliphatic carbocycles. The van der Waals surface area contributed by atoms with Gasteiger partial charge in [0.2, 0.25) is 0 Å². The van der Waals surface area contributed by atoms with E-state index >= 15 is 0 Å². The van der Waals surface area contributed by atoms with Crippen molar-refractivity contribution in [1.82, 2.24) is 0 Å². The lowest BCUT2D eigenvalue weighted by molar-refractivity contribution is -0.137. The molecule has 0 amide bonds. The van der Waals surface area contributed by atoms with Crippen molar-refractivity contribution < 1.29 is 15.4 Å². The summed E-state index contributed by atoms with van der Waals surface area (Å²) in [7, 11) is 0. The standard InChI is InChI=1S/C4H9NO2.H2O/c1-3(5)2-4(6)7;/h3H,2,5H2,1H3,(H,6,7);1H2. The van der Waals surface area contributed by atoms with E-state index < -0.39 is 5.97 Å². The molecule has 0 saturated carbocycles. The van der Waals surface area contributed by atoms with Crippen molar-refractivity contribution in [3.63, 3.8) is 0 Å². The third-order valence-corrected chi connectivity index (χ3v) is 0.497. The number of carboxylic acid groups (broad SMARTS) is 1. The van der Waals surface area contributed by atoms with Gasteiger partial charge in [-0.1, -0.05) is 0 Å².